The first-order valence-electron chi connectivity index (χ1n) is 0.903. The quantitative estimate of drug-likeness (QED) is 0.262. The van der Waals surface area contributed by atoms with Crippen molar-refractivity contribution in [3.05, 3.63) is 0 Å². The van der Waals surface area contributed by atoms with Gasteiger partial charge in [-0.3, -0.25) is 9.11 Å². The first-order valence-corrected chi connectivity index (χ1v) is 3.89. The molecule has 8 heavy (non-hydrogen) atoms. The van der Waals surface area contributed by atoms with Crippen LogP contribution < -0.4 is 0 Å². The average Bonchev–Trinajstić information content (AvgIpc) is 1.36. The molecule has 0 aromatic carbocycles. The Bertz CT molecular complexity index is 104. The first-order chi connectivity index (χ1) is 3.00. The third-order valence-electron chi connectivity index (χ3n) is 0. The van der Waals surface area contributed by atoms with Crippen LogP contribution in [0.15, 0.2) is 0 Å². The maximum atomic E-state index is 8.74. The molecule has 5 nitrogen and oxygen atoms in total. The second kappa shape index (κ2) is 8.44. The normalized spacial score (nSPS) is 7.75. The Hall–Kier alpha value is 1.44. The third-order valence-corrected chi connectivity index (χ3v) is 0. The van der Waals surface area contributed by atoms with Crippen molar-refractivity contribution >= 4 is 61.3 Å². The molecule has 0 bridgehead atoms. The molecule has 0 amide bonds. The van der Waals surface area contributed by atoms with Crippen LogP contribution in [0.4, 0.5) is 0 Å². The van der Waals surface area contributed by atoms with Gasteiger partial charge in [-0.1, -0.05) is 0 Å². The third kappa shape index (κ3) is 149. The van der Waals surface area contributed by atoms with Crippen LogP contribution in [0.5, 0.6) is 0 Å². The minimum absolute atomic E-state index is 0. The van der Waals surface area contributed by atoms with Crippen LogP contribution in [0.2, 0.25) is 0 Å². The zero-order valence-corrected chi connectivity index (χ0v) is 13.9. The molecule has 8 heteroatoms. The van der Waals surface area contributed by atoms with Gasteiger partial charge in [-0.25, -0.2) is 0 Å². The van der Waals surface area contributed by atoms with Gasteiger partial charge in [0.2, 0.25) is 0 Å². The van der Waals surface area contributed by atoms with Gasteiger partial charge >= 0.3 is 64.1 Å². The maximum absolute atomic E-state index is 8.74. The van der Waals surface area contributed by atoms with E-state index in [1.165, 1.54) is 0 Å². The summed E-state index contributed by atoms with van der Waals surface area (Å²) in [7, 11) is -4.67. The first kappa shape index (κ1) is 16.2. The molecule has 0 saturated heterocycles. The Balaban J connectivity index is -0.0000000750. The van der Waals surface area contributed by atoms with Gasteiger partial charge in [0.05, 0.1) is 0 Å². The molecule has 0 heterocycles. The van der Waals surface area contributed by atoms with Crippen molar-refractivity contribution < 1.29 is 20.3 Å². The van der Waals surface area contributed by atoms with Crippen molar-refractivity contribution in [3.8, 4) is 0 Å². The molecule has 0 aliphatic rings. The van der Waals surface area contributed by atoms with E-state index in [9.17, 15) is 0 Å². The summed E-state index contributed by atoms with van der Waals surface area (Å²) in [5.41, 5.74) is 0. The zero-order valence-electron chi connectivity index (χ0n) is 3.73. The molecule has 0 atom stereocenters. The van der Waals surface area contributed by atoms with Crippen molar-refractivity contribution in [1.29, 1.82) is 0 Å². The van der Waals surface area contributed by atoms with Gasteiger partial charge in [-0.15, -0.1) is 0 Å². The van der Waals surface area contributed by atoms with Gasteiger partial charge in [0, 0.05) is 0 Å². The minimum atomic E-state index is -4.67. The Morgan fingerprint density at radius 3 is 1.12 bits per heavy atom. The molecule has 52 valence electrons. The summed E-state index contributed by atoms with van der Waals surface area (Å²) in [5.74, 6) is 0. The molecular formula is H6Bi2O5S. The number of rotatable bonds is 0. The summed E-state index contributed by atoms with van der Waals surface area (Å²) < 4.78 is 40.0. The van der Waals surface area contributed by atoms with Gasteiger partial charge in [0.1, 0.15) is 0 Å². The SMILES string of the molecule is O=S(=O)(O)O.[BiH3].[O]=[BiH]. The molecule has 0 aromatic rings. The molecule has 0 saturated carbocycles. The Morgan fingerprint density at radius 1 is 1.12 bits per heavy atom. The zero-order chi connectivity index (χ0) is 6.50. The van der Waals surface area contributed by atoms with Crippen LogP contribution in [-0.2, 0) is 13.2 Å². The van der Waals surface area contributed by atoms with Crippen LogP contribution in [0.1, 0.15) is 0 Å². The van der Waals surface area contributed by atoms with Crippen LogP contribution in [0.3, 0.4) is 0 Å². The van der Waals surface area contributed by atoms with Gasteiger partial charge in [-0.2, -0.15) is 8.42 Å². The fraction of sp³-hybridized carbons (Fsp3) is 0. The predicted molar refractivity (Wildman–Crippen MR) is 32.0 cm³/mol. The summed E-state index contributed by atoms with van der Waals surface area (Å²) in [6.45, 7) is 0. The molecule has 0 aliphatic heterocycles. The topological polar surface area (TPSA) is 91.7 Å². The fourth-order valence-corrected chi connectivity index (χ4v) is 0. The van der Waals surface area contributed by atoms with Gasteiger partial charge in [0.15, 0.2) is 0 Å². The van der Waals surface area contributed by atoms with E-state index in [1.54, 1.807) is 0 Å². The van der Waals surface area contributed by atoms with E-state index in [4.69, 9.17) is 20.3 Å². The van der Waals surface area contributed by atoms with Gasteiger partial charge in [-0.05, 0) is 0 Å². The summed E-state index contributed by atoms with van der Waals surface area (Å²) >= 11 is 0.0556. The van der Waals surface area contributed by atoms with E-state index >= 15 is 0 Å². The molecule has 0 rings (SSSR count). The molecular weight excluding hydrogens is 530 g/mol. The number of hydrogen-bond donors (Lipinski definition) is 2. The van der Waals surface area contributed by atoms with E-state index in [0.29, 0.717) is 0 Å². The monoisotopic (exact) mass is 536 g/mol. The molecule has 0 fully saturated rings. The van der Waals surface area contributed by atoms with Crippen molar-refractivity contribution in [2.24, 2.45) is 0 Å². The van der Waals surface area contributed by atoms with Crippen LogP contribution >= 0.6 is 0 Å². The van der Waals surface area contributed by atoms with Crippen LogP contribution in [0, 0.1) is 0 Å². The Kier molecular flexibility index (Phi) is 17.1. The molecule has 0 spiro atoms. The summed E-state index contributed by atoms with van der Waals surface area (Å²) in [4.78, 5) is 0. The second-order valence-corrected chi connectivity index (χ2v) is 1.34. The van der Waals surface area contributed by atoms with Crippen LogP contribution in [0.25, 0.3) is 0 Å². The standard InChI is InChI=1S/2Bi.H2O4S.O.4H/c;;1-5(2,3)4;;;;;/h;;(H2,1,2,3,4);;;;;. The summed E-state index contributed by atoms with van der Waals surface area (Å²) in [5, 5.41) is 0. The van der Waals surface area contributed by atoms with E-state index < -0.39 is 10.4 Å². The summed E-state index contributed by atoms with van der Waals surface area (Å²) in [6, 6.07) is 0. The van der Waals surface area contributed by atoms with E-state index in [-0.39, 0.29) is 50.9 Å². The van der Waals surface area contributed by atoms with Crippen molar-refractivity contribution in [2.45, 2.75) is 0 Å². The fourth-order valence-electron chi connectivity index (χ4n) is 0. The van der Waals surface area contributed by atoms with Gasteiger partial charge < -0.3 is 0 Å². The summed E-state index contributed by atoms with van der Waals surface area (Å²) in [6.07, 6.45) is 0. The van der Waals surface area contributed by atoms with Crippen molar-refractivity contribution in [2.75, 3.05) is 0 Å². The molecule has 0 aliphatic carbocycles. The molecule has 0 unspecified atom stereocenters. The van der Waals surface area contributed by atoms with Crippen molar-refractivity contribution in [3.63, 3.8) is 0 Å². The Morgan fingerprint density at radius 2 is 1.12 bits per heavy atom. The van der Waals surface area contributed by atoms with E-state index in [0.717, 1.165) is 0 Å². The van der Waals surface area contributed by atoms with Crippen molar-refractivity contribution in [1.82, 2.24) is 0 Å². The molecule has 2 N–H and O–H groups in total. The van der Waals surface area contributed by atoms with E-state index in [2.05, 4.69) is 0 Å². The molecule has 0 radical (unpaired) electrons. The average molecular weight is 536 g/mol. The molecule has 0 aromatic heterocycles. The Labute approximate surface area is 80.8 Å². The second-order valence-electron chi connectivity index (χ2n) is 0.448. The number of hydrogen-bond acceptors (Lipinski definition) is 3. The van der Waals surface area contributed by atoms with E-state index in [1.807, 2.05) is 0 Å². The van der Waals surface area contributed by atoms with Crippen LogP contribution in [-0.4, -0.2) is 68.5 Å². The van der Waals surface area contributed by atoms with Gasteiger partial charge in [0.25, 0.3) is 0 Å². The predicted octanol–water partition coefficient (Wildman–Crippen LogP) is -2.60.